The number of rotatable bonds is 4. The number of hydrogen-bond acceptors (Lipinski definition) is 4. The molecular formula is C14H19N3O2. The zero-order chi connectivity index (χ0) is 13.3. The smallest absolute Gasteiger partial charge is 0.429 e. The summed E-state index contributed by atoms with van der Waals surface area (Å²) in [4.78, 5) is 13.5. The van der Waals surface area contributed by atoms with Gasteiger partial charge in [-0.1, -0.05) is 36.8 Å². The Morgan fingerprint density at radius 2 is 2.00 bits per heavy atom. The summed E-state index contributed by atoms with van der Waals surface area (Å²) in [6.45, 7) is 2.34. The fourth-order valence-electron chi connectivity index (χ4n) is 1.97. The maximum absolute atomic E-state index is 11.4. The first-order valence-corrected chi connectivity index (χ1v) is 6.58. The van der Waals surface area contributed by atoms with Gasteiger partial charge in [-0.05, 0) is 18.4 Å². The maximum atomic E-state index is 11.4. The van der Waals surface area contributed by atoms with Crippen LogP contribution in [-0.4, -0.2) is 37.0 Å². The molecule has 0 bridgehead atoms. The molecule has 1 aromatic rings. The van der Waals surface area contributed by atoms with Crippen LogP contribution in [0.3, 0.4) is 0 Å². The van der Waals surface area contributed by atoms with Gasteiger partial charge in [0.1, 0.15) is 6.73 Å². The van der Waals surface area contributed by atoms with E-state index in [-0.39, 0.29) is 0 Å². The van der Waals surface area contributed by atoms with Gasteiger partial charge < -0.3 is 4.74 Å². The van der Waals surface area contributed by atoms with Crippen molar-refractivity contribution in [3.8, 4) is 0 Å². The van der Waals surface area contributed by atoms with E-state index in [1.165, 1.54) is 19.3 Å². The zero-order valence-corrected chi connectivity index (χ0v) is 10.9. The van der Waals surface area contributed by atoms with Gasteiger partial charge in [-0.3, -0.25) is 4.90 Å². The van der Waals surface area contributed by atoms with E-state index in [4.69, 9.17) is 4.74 Å². The van der Waals surface area contributed by atoms with Crippen molar-refractivity contribution < 1.29 is 9.53 Å². The minimum atomic E-state index is -0.516. The molecule has 0 spiro atoms. The van der Waals surface area contributed by atoms with Crippen LogP contribution in [-0.2, 0) is 4.74 Å². The lowest BCUT2D eigenvalue weighted by Crippen LogP contribution is -2.34. The van der Waals surface area contributed by atoms with Crippen LogP contribution in [0.5, 0.6) is 0 Å². The molecule has 19 heavy (non-hydrogen) atoms. The lowest BCUT2D eigenvalue weighted by atomic mass is 10.1. The summed E-state index contributed by atoms with van der Waals surface area (Å²) >= 11 is 0. The predicted octanol–water partition coefficient (Wildman–Crippen LogP) is 2.19. The van der Waals surface area contributed by atoms with Gasteiger partial charge in [0.2, 0.25) is 0 Å². The summed E-state index contributed by atoms with van der Waals surface area (Å²) in [5.74, 6) is 0. The van der Waals surface area contributed by atoms with E-state index in [1.54, 1.807) is 6.21 Å². The van der Waals surface area contributed by atoms with E-state index >= 15 is 0 Å². The van der Waals surface area contributed by atoms with Crippen LogP contribution in [0.4, 0.5) is 4.79 Å². The summed E-state index contributed by atoms with van der Waals surface area (Å²) in [7, 11) is 0. The normalized spacial score (nSPS) is 16.4. The van der Waals surface area contributed by atoms with E-state index < -0.39 is 6.09 Å². The van der Waals surface area contributed by atoms with E-state index in [0.29, 0.717) is 6.73 Å². The molecule has 2 rings (SSSR count). The topological polar surface area (TPSA) is 53.9 Å². The average Bonchev–Trinajstić information content (AvgIpc) is 2.47. The molecular weight excluding hydrogens is 242 g/mol. The lowest BCUT2D eigenvalue weighted by Gasteiger charge is -2.25. The number of nitrogens with zero attached hydrogens (tertiary/aromatic N) is 2. The molecule has 102 valence electrons. The summed E-state index contributed by atoms with van der Waals surface area (Å²) < 4.78 is 5.08. The second-order valence-corrected chi connectivity index (χ2v) is 4.52. The molecule has 5 nitrogen and oxygen atoms in total. The first-order valence-electron chi connectivity index (χ1n) is 6.58. The van der Waals surface area contributed by atoms with E-state index in [9.17, 15) is 4.79 Å². The molecule has 1 amide bonds. The number of likely N-dealkylation sites (tertiary alicyclic amines) is 1. The van der Waals surface area contributed by atoms with E-state index in [2.05, 4.69) is 15.4 Å². The summed E-state index contributed by atoms with van der Waals surface area (Å²) in [6, 6.07) is 9.57. The number of nitrogens with one attached hydrogen (secondary N) is 1. The molecule has 5 heteroatoms. The highest BCUT2D eigenvalue weighted by Crippen LogP contribution is 2.07. The highest BCUT2D eigenvalue weighted by molar-refractivity contribution is 5.80. The molecule has 0 unspecified atom stereocenters. The van der Waals surface area contributed by atoms with Crippen molar-refractivity contribution in [3.05, 3.63) is 35.9 Å². The SMILES string of the molecule is O=C(N/N=C/c1ccccc1)OCN1CCCCC1. The van der Waals surface area contributed by atoms with Gasteiger partial charge >= 0.3 is 6.09 Å². The third-order valence-corrected chi connectivity index (χ3v) is 3.00. The van der Waals surface area contributed by atoms with Crippen molar-refractivity contribution in [2.24, 2.45) is 5.10 Å². The van der Waals surface area contributed by atoms with Gasteiger partial charge in [-0.25, -0.2) is 10.2 Å². The van der Waals surface area contributed by atoms with Gasteiger partial charge in [-0.15, -0.1) is 0 Å². The molecule has 1 aromatic carbocycles. The number of ether oxygens (including phenoxy) is 1. The van der Waals surface area contributed by atoms with Crippen LogP contribution in [0.2, 0.25) is 0 Å². The Kier molecular flexibility index (Phi) is 5.37. The highest BCUT2D eigenvalue weighted by atomic mass is 16.6. The van der Waals surface area contributed by atoms with Gasteiger partial charge in [0, 0.05) is 13.1 Å². The minimum Gasteiger partial charge on any atom is -0.432 e. The molecule has 0 atom stereocenters. The standard InChI is InChI=1S/C14H19N3O2/c18-14(19-12-17-9-5-2-6-10-17)16-15-11-13-7-3-1-4-8-13/h1,3-4,7-8,11H,2,5-6,9-10,12H2,(H,16,18)/b15-11+. The fourth-order valence-corrected chi connectivity index (χ4v) is 1.97. The fraction of sp³-hybridized carbons (Fsp3) is 0.429. The third kappa shape index (κ3) is 5.09. The largest absolute Gasteiger partial charge is 0.432 e. The molecule has 1 saturated heterocycles. The van der Waals surface area contributed by atoms with Crippen LogP contribution < -0.4 is 5.43 Å². The Bertz CT molecular complexity index is 414. The number of carbonyl (C=O) groups is 1. The second kappa shape index (κ2) is 7.53. The molecule has 1 aliphatic heterocycles. The molecule has 0 aliphatic carbocycles. The van der Waals surface area contributed by atoms with Gasteiger partial charge in [0.25, 0.3) is 0 Å². The predicted molar refractivity (Wildman–Crippen MR) is 73.9 cm³/mol. The number of benzene rings is 1. The number of hydrogen-bond donors (Lipinski definition) is 1. The first kappa shape index (κ1) is 13.5. The molecule has 1 fully saturated rings. The quantitative estimate of drug-likeness (QED) is 0.667. The van der Waals surface area contributed by atoms with Crippen molar-refractivity contribution >= 4 is 12.3 Å². The van der Waals surface area contributed by atoms with Crippen molar-refractivity contribution in [1.82, 2.24) is 10.3 Å². The second-order valence-electron chi connectivity index (χ2n) is 4.52. The summed E-state index contributed by atoms with van der Waals surface area (Å²) in [5.41, 5.74) is 3.28. The van der Waals surface area contributed by atoms with Crippen LogP contribution in [0.25, 0.3) is 0 Å². The highest BCUT2D eigenvalue weighted by Gasteiger charge is 2.11. The van der Waals surface area contributed by atoms with Crippen molar-refractivity contribution in [1.29, 1.82) is 0 Å². The Morgan fingerprint density at radius 3 is 2.74 bits per heavy atom. The van der Waals surface area contributed by atoms with Crippen molar-refractivity contribution in [2.45, 2.75) is 19.3 Å². The van der Waals surface area contributed by atoms with Crippen LogP contribution >= 0.6 is 0 Å². The van der Waals surface area contributed by atoms with E-state index in [0.717, 1.165) is 18.7 Å². The number of piperidine rings is 1. The maximum Gasteiger partial charge on any atom is 0.429 e. The number of hydrazone groups is 1. The Labute approximate surface area is 113 Å². The minimum absolute atomic E-state index is 0.340. The van der Waals surface area contributed by atoms with Crippen LogP contribution in [0.15, 0.2) is 35.4 Å². The van der Waals surface area contributed by atoms with Crippen LogP contribution in [0, 0.1) is 0 Å². The van der Waals surface area contributed by atoms with E-state index in [1.807, 2.05) is 30.3 Å². The monoisotopic (exact) mass is 261 g/mol. The Balaban J connectivity index is 1.65. The first-order chi connectivity index (χ1) is 9.34. The van der Waals surface area contributed by atoms with Gasteiger partial charge in [-0.2, -0.15) is 5.10 Å². The van der Waals surface area contributed by atoms with Gasteiger partial charge in [0.05, 0.1) is 6.21 Å². The molecule has 1 N–H and O–H groups in total. The van der Waals surface area contributed by atoms with Crippen molar-refractivity contribution in [2.75, 3.05) is 19.8 Å². The number of amides is 1. The number of carbonyl (C=O) groups excluding carboxylic acids is 1. The van der Waals surface area contributed by atoms with Crippen molar-refractivity contribution in [3.63, 3.8) is 0 Å². The molecule has 0 saturated carbocycles. The third-order valence-electron chi connectivity index (χ3n) is 3.00. The Hall–Kier alpha value is -1.88. The van der Waals surface area contributed by atoms with Gasteiger partial charge in [0.15, 0.2) is 0 Å². The summed E-state index contributed by atoms with van der Waals surface area (Å²) in [5, 5.41) is 3.84. The molecule has 1 aliphatic rings. The van der Waals surface area contributed by atoms with Crippen LogP contribution in [0.1, 0.15) is 24.8 Å². The Morgan fingerprint density at radius 1 is 1.26 bits per heavy atom. The summed E-state index contributed by atoms with van der Waals surface area (Å²) in [6.07, 6.45) is 4.69. The average molecular weight is 261 g/mol. The zero-order valence-electron chi connectivity index (χ0n) is 10.9. The molecule has 1 heterocycles. The molecule has 0 radical (unpaired) electrons. The lowest BCUT2D eigenvalue weighted by molar-refractivity contribution is 0.0582. The molecule has 0 aromatic heterocycles.